The maximum Gasteiger partial charge on any atom is 0.490 e. The molecule has 0 spiro atoms. The Balaban J connectivity index is 0.000000339. The van der Waals surface area contributed by atoms with Crippen LogP contribution in [0.5, 0.6) is 0 Å². The van der Waals surface area contributed by atoms with Crippen molar-refractivity contribution in [3.8, 4) is 0 Å². The molecule has 1 saturated heterocycles. The lowest BCUT2D eigenvalue weighted by Crippen LogP contribution is -2.51. The monoisotopic (exact) mass is 440 g/mol. The summed E-state index contributed by atoms with van der Waals surface area (Å²) in [6, 6.07) is 4.35. The van der Waals surface area contributed by atoms with Crippen molar-refractivity contribution in [1.82, 2.24) is 15.0 Å². The van der Waals surface area contributed by atoms with E-state index in [4.69, 9.17) is 19.4 Å². The second kappa shape index (κ2) is 10.5. The number of morpholine rings is 1. The Morgan fingerprint density at radius 1 is 1.23 bits per heavy atom. The Morgan fingerprint density at radius 3 is 2.65 bits per heavy atom. The van der Waals surface area contributed by atoms with Gasteiger partial charge >= 0.3 is 12.1 Å². The standard InChI is InChI=1S/C18H22N4O2.C2HF3O2/c1-2-14(10-19-5-1)12-23-13-15-3-4-16-18(15)24-9-8-22(16)17-11-20-6-7-21-17;3-2(4,5)1(6)7/h1-2,5-7,10-11,15-16,18H,3-4,8-9,12-13H2;(H,6,7). The Labute approximate surface area is 177 Å². The summed E-state index contributed by atoms with van der Waals surface area (Å²) in [7, 11) is 0. The van der Waals surface area contributed by atoms with Crippen LogP contribution < -0.4 is 4.90 Å². The SMILES string of the molecule is O=C(O)C(F)(F)F.c1cncc(COCC2CCC3C2OCCN3c2cnccn2)c1. The largest absolute Gasteiger partial charge is 0.490 e. The van der Waals surface area contributed by atoms with Crippen LogP contribution in [0.15, 0.2) is 43.1 Å². The van der Waals surface area contributed by atoms with E-state index in [0.29, 0.717) is 18.6 Å². The summed E-state index contributed by atoms with van der Waals surface area (Å²) in [4.78, 5) is 24.0. The van der Waals surface area contributed by atoms with Crippen molar-refractivity contribution in [3.63, 3.8) is 0 Å². The number of nitrogens with zero attached hydrogens (tertiary/aromatic N) is 4. The van der Waals surface area contributed by atoms with Crippen molar-refractivity contribution in [2.75, 3.05) is 24.7 Å². The van der Waals surface area contributed by atoms with Gasteiger partial charge in [-0.15, -0.1) is 0 Å². The maximum absolute atomic E-state index is 10.6. The van der Waals surface area contributed by atoms with Gasteiger partial charge in [-0.2, -0.15) is 13.2 Å². The van der Waals surface area contributed by atoms with E-state index in [1.165, 1.54) is 0 Å². The molecule has 3 heterocycles. The molecule has 0 amide bonds. The zero-order valence-electron chi connectivity index (χ0n) is 16.6. The third-order valence-corrected chi connectivity index (χ3v) is 5.13. The molecular formula is C20H23F3N4O4. The van der Waals surface area contributed by atoms with Crippen molar-refractivity contribution in [2.45, 2.75) is 37.8 Å². The summed E-state index contributed by atoms with van der Waals surface area (Å²) >= 11 is 0. The lowest BCUT2D eigenvalue weighted by molar-refractivity contribution is -0.192. The van der Waals surface area contributed by atoms with Crippen LogP contribution in [0.4, 0.5) is 19.0 Å². The molecule has 0 bridgehead atoms. The molecule has 11 heteroatoms. The Kier molecular flexibility index (Phi) is 7.75. The van der Waals surface area contributed by atoms with Gasteiger partial charge in [0.05, 0.1) is 38.2 Å². The number of pyridine rings is 1. The minimum atomic E-state index is -5.08. The number of carbonyl (C=O) groups is 1. The molecular weight excluding hydrogens is 417 g/mol. The van der Waals surface area contributed by atoms with E-state index in [1.807, 2.05) is 24.5 Å². The Bertz CT molecular complexity index is 826. The van der Waals surface area contributed by atoms with Crippen molar-refractivity contribution in [2.24, 2.45) is 5.92 Å². The maximum atomic E-state index is 10.6. The van der Waals surface area contributed by atoms with Gasteiger partial charge in [-0.1, -0.05) is 6.07 Å². The molecule has 31 heavy (non-hydrogen) atoms. The topological polar surface area (TPSA) is 97.7 Å². The number of rotatable bonds is 5. The van der Waals surface area contributed by atoms with Crippen molar-refractivity contribution in [1.29, 1.82) is 0 Å². The predicted octanol–water partition coefficient (Wildman–Crippen LogP) is 2.71. The second-order valence-corrected chi connectivity index (χ2v) is 7.18. The molecule has 8 nitrogen and oxygen atoms in total. The van der Waals surface area contributed by atoms with E-state index in [-0.39, 0.29) is 6.10 Å². The van der Waals surface area contributed by atoms with Crippen molar-refractivity contribution >= 4 is 11.8 Å². The van der Waals surface area contributed by atoms with Gasteiger partial charge in [0, 0.05) is 37.3 Å². The number of anilines is 1. The minimum absolute atomic E-state index is 0.217. The molecule has 1 N–H and O–H groups in total. The first-order valence-electron chi connectivity index (χ1n) is 9.77. The molecule has 2 fully saturated rings. The average Bonchev–Trinajstić information content (AvgIpc) is 3.18. The van der Waals surface area contributed by atoms with Gasteiger partial charge in [-0.3, -0.25) is 9.97 Å². The predicted molar refractivity (Wildman–Crippen MR) is 103 cm³/mol. The number of carboxylic acids is 1. The number of alkyl halides is 3. The van der Waals surface area contributed by atoms with E-state index in [2.05, 4.69) is 19.9 Å². The number of fused-ring (bicyclic) bond motifs is 1. The van der Waals surface area contributed by atoms with Gasteiger partial charge in [0.25, 0.3) is 0 Å². The van der Waals surface area contributed by atoms with E-state index >= 15 is 0 Å². The van der Waals surface area contributed by atoms with Gasteiger partial charge in [0.2, 0.25) is 0 Å². The number of hydrogen-bond donors (Lipinski definition) is 1. The highest BCUT2D eigenvalue weighted by Crippen LogP contribution is 2.36. The van der Waals surface area contributed by atoms with Crippen LogP contribution in [0, 0.1) is 5.92 Å². The molecule has 2 aromatic heterocycles. The van der Waals surface area contributed by atoms with Crippen LogP contribution in [-0.2, 0) is 20.9 Å². The molecule has 3 unspecified atom stereocenters. The minimum Gasteiger partial charge on any atom is -0.475 e. The fourth-order valence-electron chi connectivity index (χ4n) is 3.77. The summed E-state index contributed by atoms with van der Waals surface area (Å²) in [5.41, 5.74) is 1.11. The molecule has 4 rings (SSSR count). The smallest absolute Gasteiger partial charge is 0.475 e. The molecule has 2 aliphatic rings. The van der Waals surface area contributed by atoms with E-state index in [9.17, 15) is 13.2 Å². The van der Waals surface area contributed by atoms with Gasteiger partial charge in [0.1, 0.15) is 5.82 Å². The van der Waals surface area contributed by atoms with E-state index in [1.54, 1.807) is 18.6 Å². The third kappa shape index (κ3) is 6.34. The summed E-state index contributed by atoms with van der Waals surface area (Å²) < 4.78 is 43.8. The number of aromatic nitrogens is 3. The summed E-state index contributed by atoms with van der Waals surface area (Å²) in [6.45, 7) is 2.94. The van der Waals surface area contributed by atoms with Crippen molar-refractivity contribution in [3.05, 3.63) is 48.7 Å². The first-order valence-corrected chi connectivity index (χ1v) is 9.77. The highest BCUT2D eigenvalue weighted by atomic mass is 19.4. The lowest BCUT2D eigenvalue weighted by Gasteiger charge is -2.39. The van der Waals surface area contributed by atoms with Crippen LogP contribution in [-0.4, -0.2) is 64.1 Å². The first-order chi connectivity index (χ1) is 14.9. The number of halogens is 3. The third-order valence-electron chi connectivity index (χ3n) is 5.13. The van der Waals surface area contributed by atoms with Gasteiger partial charge < -0.3 is 19.5 Å². The highest BCUT2D eigenvalue weighted by Gasteiger charge is 2.43. The zero-order chi connectivity index (χ0) is 22.3. The van der Waals surface area contributed by atoms with E-state index in [0.717, 1.165) is 44.0 Å². The van der Waals surface area contributed by atoms with E-state index < -0.39 is 12.1 Å². The van der Waals surface area contributed by atoms with Gasteiger partial charge in [-0.05, 0) is 24.5 Å². The average molecular weight is 440 g/mol. The first kappa shape index (κ1) is 22.9. The molecule has 1 aliphatic carbocycles. The van der Waals surface area contributed by atoms with Crippen LogP contribution in [0.3, 0.4) is 0 Å². The zero-order valence-corrected chi connectivity index (χ0v) is 16.6. The molecule has 1 saturated carbocycles. The summed E-state index contributed by atoms with van der Waals surface area (Å²) in [5.74, 6) is -1.37. The summed E-state index contributed by atoms with van der Waals surface area (Å²) in [6.07, 6.45) is 6.31. The fourth-order valence-corrected chi connectivity index (χ4v) is 3.77. The quantitative estimate of drug-likeness (QED) is 0.758. The fraction of sp³-hybridized carbons (Fsp3) is 0.500. The summed E-state index contributed by atoms with van der Waals surface area (Å²) in [5, 5.41) is 7.12. The van der Waals surface area contributed by atoms with Crippen LogP contribution in [0.2, 0.25) is 0 Å². The molecule has 1 aliphatic heterocycles. The van der Waals surface area contributed by atoms with Crippen LogP contribution >= 0.6 is 0 Å². The molecule has 0 radical (unpaired) electrons. The second-order valence-electron chi connectivity index (χ2n) is 7.18. The van der Waals surface area contributed by atoms with Crippen LogP contribution in [0.25, 0.3) is 0 Å². The molecule has 0 aromatic carbocycles. The number of ether oxygens (including phenoxy) is 2. The van der Waals surface area contributed by atoms with Crippen molar-refractivity contribution < 1.29 is 32.5 Å². The Morgan fingerprint density at radius 2 is 2.00 bits per heavy atom. The molecule has 2 aromatic rings. The van der Waals surface area contributed by atoms with Crippen LogP contribution in [0.1, 0.15) is 18.4 Å². The molecule has 168 valence electrons. The number of aliphatic carboxylic acids is 1. The highest BCUT2D eigenvalue weighted by molar-refractivity contribution is 5.73. The number of carboxylic acid groups (broad SMARTS) is 1. The lowest BCUT2D eigenvalue weighted by atomic mass is 10.0. The number of hydrogen-bond acceptors (Lipinski definition) is 7. The Hall–Kier alpha value is -2.79. The van der Waals surface area contributed by atoms with Gasteiger partial charge in [0.15, 0.2) is 0 Å². The molecule has 3 atom stereocenters. The van der Waals surface area contributed by atoms with Gasteiger partial charge in [-0.25, -0.2) is 9.78 Å². The normalized spacial score (nSPS) is 22.9.